The molecule has 0 spiro atoms. The van der Waals surface area contributed by atoms with Gasteiger partial charge in [-0.25, -0.2) is 9.97 Å². The van der Waals surface area contributed by atoms with Crippen LogP contribution in [-0.2, 0) is 21.6 Å². The van der Waals surface area contributed by atoms with Gasteiger partial charge in [0, 0.05) is 21.6 Å². The highest BCUT2D eigenvalue weighted by Crippen LogP contribution is 2.29. The van der Waals surface area contributed by atoms with Crippen LogP contribution in [0.25, 0.3) is 20.4 Å². The van der Waals surface area contributed by atoms with Crippen molar-refractivity contribution in [3.63, 3.8) is 0 Å². The fraction of sp³-hybridized carbons (Fsp3) is 0.125. The number of hydrogen-bond donors (Lipinski definition) is 0. The van der Waals surface area contributed by atoms with E-state index in [1.54, 1.807) is 36.4 Å². The van der Waals surface area contributed by atoms with Crippen molar-refractivity contribution in [3.8, 4) is 0 Å². The van der Waals surface area contributed by atoms with E-state index in [0.29, 0.717) is 18.7 Å². The number of fused-ring (bicyclic) bond motifs is 2. The smallest absolute Gasteiger partial charge is 0.181 e. The number of halogens is 2. The van der Waals surface area contributed by atoms with E-state index in [2.05, 4.69) is 9.97 Å². The number of benzene rings is 2. The maximum absolute atomic E-state index is 12.5. The summed E-state index contributed by atoms with van der Waals surface area (Å²) >= 11 is 14.6. The summed E-state index contributed by atoms with van der Waals surface area (Å²) in [6.07, 6.45) is 0. The number of rotatable bonds is 5. The molecule has 4 nitrogen and oxygen atoms in total. The molecule has 2 aromatic heterocycles. The lowest BCUT2D eigenvalue weighted by atomic mass is 10.3. The van der Waals surface area contributed by atoms with Crippen molar-refractivity contribution in [1.82, 2.24) is 9.97 Å². The Kier molecular flexibility index (Phi) is 5.41. The van der Waals surface area contributed by atoms with E-state index in [-0.39, 0.29) is 11.5 Å². The second kappa shape index (κ2) is 7.61. The minimum Gasteiger partial charge on any atom is -0.252 e. The topological polar surface area (TPSA) is 59.9 Å². The molecule has 26 heavy (non-hydrogen) atoms. The van der Waals surface area contributed by atoms with Crippen LogP contribution in [0.5, 0.6) is 0 Å². The molecule has 0 bridgehead atoms. The molecule has 2 atom stereocenters. The van der Waals surface area contributed by atoms with Gasteiger partial charge in [0.1, 0.15) is 0 Å². The lowest BCUT2D eigenvalue weighted by Crippen LogP contribution is -2.08. The molecule has 0 fully saturated rings. The molecule has 0 saturated heterocycles. The molecule has 0 amide bonds. The first-order valence-electron chi connectivity index (χ1n) is 7.38. The molecule has 0 aliphatic heterocycles. The summed E-state index contributed by atoms with van der Waals surface area (Å²) in [7, 11) is -2.62. The van der Waals surface area contributed by atoms with Crippen LogP contribution in [-0.4, -0.2) is 29.9 Å². The first kappa shape index (κ1) is 18.5. The second-order valence-electron chi connectivity index (χ2n) is 5.28. The molecule has 0 saturated carbocycles. The third kappa shape index (κ3) is 3.85. The highest BCUT2D eigenvalue weighted by atomic mass is 35.5. The van der Waals surface area contributed by atoms with Crippen LogP contribution in [0, 0.1) is 0 Å². The third-order valence-electron chi connectivity index (χ3n) is 3.51. The summed E-state index contributed by atoms with van der Waals surface area (Å²) < 4.78 is 27.9. The predicted octanol–water partition coefficient (Wildman–Crippen LogP) is 5.13. The van der Waals surface area contributed by atoms with Crippen molar-refractivity contribution in [1.29, 1.82) is 0 Å². The van der Waals surface area contributed by atoms with E-state index < -0.39 is 21.6 Å². The van der Waals surface area contributed by atoms with E-state index in [9.17, 15) is 8.42 Å². The minimum absolute atomic E-state index is 0.261. The minimum atomic E-state index is -1.31. The van der Waals surface area contributed by atoms with Crippen molar-refractivity contribution in [3.05, 3.63) is 46.4 Å². The van der Waals surface area contributed by atoms with Crippen molar-refractivity contribution in [2.75, 3.05) is 11.5 Å². The van der Waals surface area contributed by atoms with Gasteiger partial charge in [-0.3, -0.25) is 8.42 Å². The summed E-state index contributed by atoms with van der Waals surface area (Å²) in [4.78, 5) is 8.76. The molecule has 0 N–H and O–H groups in total. The van der Waals surface area contributed by atoms with E-state index in [1.165, 1.54) is 22.7 Å². The van der Waals surface area contributed by atoms with Crippen LogP contribution in [0.1, 0.15) is 0 Å². The van der Waals surface area contributed by atoms with Gasteiger partial charge in [0.2, 0.25) is 0 Å². The molecule has 10 heteroatoms. The summed E-state index contributed by atoms with van der Waals surface area (Å²) in [6.45, 7) is 0. The first-order valence-corrected chi connectivity index (χ1v) is 12.4. The molecular formula is C16H10Cl2N2O2S4. The molecule has 4 rings (SSSR count). The Labute approximate surface area is 172 Å². The molecule has 2 unspecified atom stereocenters. The molecule has 2 heterocycles. The van der Waals surface area contributed by atoms with E-state index in [0.717, 1.165) is 20.4 Å². The van der Waals surface area contributed by atoms with E-state index in [4.69, 9.17) is 23.2 Å². The Morgan fingerprint density at radius 1 is 0.769 bits per heavy atom. The van der Waals surface area contributed by atoms with Crippen LogP contribution >= 0.6 is 45.9 Å². The average Bonchev–Trinajstić information content (AvgIpc) is 3.22. The molecule has 134 valence electrons. The van der Waals surface area contributed by atoms with Gasteiger partial charge < -0.3 is 0 Å². The van der Waals surface area contributed by atoms with Gasteiger partial charge in [-0.2, -0.15) is 0 Å². The lowest BCUT2D eigenvalue weighted by Gasteiger charge is -1.97. The second-order valence-corrected chi connectivity index (χ2v) is 11.7. The number of nitrogens with zero attached hydrogens (tertiary/aromatic N) is 2. The van der Waals surface area contributed by atoms with Gasteiger partial charge in [-0.05, 0) is 36.4 Å². The van der Waals surface area contributed by atoms with Crippen LogP contribution in [0.15, 0.2) is 45.1 Å². The zero-order valence-corrected chi connectivity index (χ0v) is 17.8. The van der Waals surface area contributed by atoms with Crippen LogP contribution in [0.2, 0.25) is 10.0 Å². The Morgan fingerprint density at radius 2 is 1.19 bits per heavy atom. The van der Waals surface area contributed by atoms with Gasteiger partial charge in [0.15, 0.2) is 8.68 Å². The lowest BCUT2D eigenvalue weighted by molar-refractivity contribution is 0.677. The normalized spacial score (nSPS) is 14.1. The summed E-state index contributed by atoms with van der Waals surface area (Å²) in [5.74, 6) is 0.522. The van der Waals surface area contributed by atoms with Gasteiger partial charge in [-0.15, -0.1) is 22.7 Å². The molecule has 0 aliphatic rings. The van der Waals surface area contributed by atoms with Gasteiger partial charge >= 0.3 is 0 Å². The van der Waals surface area contributed by atoms with Gasteiger partial charge in [0.25, 0.3) is 0 Å². The van der Waals surface area contributed by atoms with Crippen LogP contribution in [0.4, 0.5) is 0 Å². The number of thiazole rings is 2. The van der Waals surface area contributed by atoms with Crippen molar-refractivity contribution in [2.24, 2.45) is 0 Å². The van der Waals surface area contributed by atoms with Crippen molar-refractivity contribution in [2.45, 2.75) is 8.68 Å². The summed E-state index contributed by atoms with van der Waals surface area (Å²) in [5.41, 5.74) is 1.54. The number of hydrogen-bond acceptors (Lipinski definition) is 6. The maximum atomic E-state index is 12.5. The van der Waals surface area contributed by atoms with Crippen LogP contribution in [0.3, 0.4) is 0 Å². The quantitative estimate of drug-likeness (QED) is 0.414. The Hall–Kier alpha value is -0.900. The predicted molar refractivity (Wildman–Crippen MR) is 112 cm³/mol. The molecule has 0 radical (unpaired) electrons. The monoisotopic (exact) mass is 460 g/mol. The highest BCUT2D eigenvalue weighted by molar-refractivity contribution is 7.91. The fourth-order valence-corrected chi connectivity index (χ4v) is 7.96. The Bertz CT molecular complexity index is 1080. The van der Waals surface area contributed by atoms with Crippen molar-refractivity contribution < 1.29 is 8.42 Å². The van der Waals surface area contributed by atoms with Gasteiger partial charge in [0.05, 0.1) is 42.0 Å². The number of aromatic nitrogens is 2. The maximum Gasteiger partial charge on any atom is 0.181 e. The Balaban J connectivity index is 1.47. The molecular weight excluding hydrogens is 451 g/mol. The average molecular weight is 461 g/mol. The largest absolute Gasteiger partial charge is 0.252 e. The summed E-state index contributed by atoms with van der Waals surface area (Å²) in [6, 6.07) is 10.7. The molecule has 2 aromatic carbocycles. The van der Waals surface area contributed by atoms with E-state index in [1.807, 2.05) is 0 Å². The molecule has 4 aromatic rings. The zero-order chi connectivity index (χ0) is 18.3. The summed E-state index contributed by atoms with van der Waals surface area (Å²) in [5, 5.41) is 1.24. The van der Waals surface area contributed by atoms with E-state index >= 15 is 0 Å². The highest BCUT2D eigenvalue weighted by Gasteiger charge is 2.16. The fourth-order valence-electron chi connectivity index (χ4n) is 2.28. The molecule has 0 aliphatic carbocycles. The third-order valence-corrected chi connectivity index (χ3v) is 9.59. The van der Waals surface area contributed by atoms with Crippen molar-refractivity contribution >= 4 is 87.9 Å². The van der Waals surface area contributed by atoms with Crippen LogP contribution < -0.4 is 0 Å². The standard InChI is InChI=1S/C16H10Cl2N2O2S4/c17-9-1-3-11-13(7-9)23-15(19-11)25(21)5-6-26(22)16-20-12-4-2-10(18)8-14(12)24-16/h1-4,7-8H,5-6H2. The Morgan fingerprint density at radius 3 is 1.62 bits per heavy atom. The zero-order valence-electron chi connectivity index (χ0n) is 13.0. The van der Waals surface area contributed by atoms with Gasteiger partial charge in [-0.1, -0.05) is 23.2 Å². The SMILES string of the molecule is O=S(CCS(=O)c1nc2ccc(Cl)cc2s1)c1nc2ccc(Cl)cc2s1. The first-order chi connectivity index (χ1) is 12.5.